The van der Waals surface area contributed by atoms with Crippen LogP contribution in [0.5, 0.6) is 0 Å². The normalized spacial score (nSPS) is 13.8. The molecule has 3 rings (SSSR count). The van der Waals surface area contributed by atoms with Crippen molar-refractivity contribution in [3.05, 3.63) is 42.1 Å². The minimum absolute atomic E-state index is 0. The van der Waals surface area contributed by atoms with Crippen molar-refractivity contribution in [3.63, 3.8) is 0 Å². The number of aromatic nitrogens is 2. The van der Waals surface area contributed by atoms with Crippen molar-refractivity contribution < 1.29 is 0 Å². The first kappa shape index (κ1) is 15.8. The first-order valence-corrected chi connectivity index (χ1v) is 6.81. The van der Waals surface area contributed by atoms with E-state index >= 15 is 0 Å². The molecule has 0 saturated carbocycles. The average molecular weight is 397 g/mol. The Hall–Kier alpha value is -1.57. The van der Waals surface area contributed by atoms with Gasteiger partial charge in [0.2, 0.25) is 0 Å². The van der Waals surface area contributed by atoms with Crippen molar-refractivity contribution in [2.45, 2.75) is 6.54 Å². The Morgan fingerprint density at radius 3 is 2.62 bits per heavy atom. The minimum atomic E-state index is 0. The van der Waals surface area contributed by atoms with Gasteiger partial charge < -0.3 is 10.2 Å². The number of aliphatic imine (C=N–C) groups is 1. The fraction of sp³-hybridized carbons (Fsp3) is 0.333. The second-order valence-corrected chi connectivity index (χ2v) is 5.02. The molecule has 1 aliphatic heterocycles. The van der Waals surface area contributed by atoms with Gasteiger partial charge in [-0.1, -0.05) is 30.3 Å². The van der Waals surface area contributed by atoms with Crippen molar-refractivity contribution >= 4 is 29.9 Å². The summed E-state index contributed by atoms with van der Waals surface area (Å²) in [5.41, 5.74) is 3.36. The van der Waals surface area contributed by atoms with E-state index in [-0.39, 0.29) is 24.0 Å². The van der Waals surface area contributed by atoms with Crippen LogP contribution in [-0.2, 0) is 13.6 Å². The van der Waals surface area contributed by atoms with Gasteiger partial charge >= 0.3 is 0 Å². The fourth-order valence-electron chi connectivity index (χ4n) is 2.40. The quantitative estimate of drug-likeness (QED) is 0.808. The van der Waals surface area contributed by atoms with Gasteiger partial charge in [-0.3, -0.25) is 9.67 Å². The molecule has 1 aromatic carbocycles. The maximum absolute atomic E-state index is 4.57. The first-order chi connectivity index (χ1) is 9.74. The van der Waals surface area contributed by atoms with Gasteiger partial charge in [0.15, 0.2) is 5.96 Å². The van der Waals surface area contributed by atoms with Crippen LogP contribution in [-0.4, -0.2) is 40.8 Å². The number of guanidine groups is 1. The minimum Gasteiger partial charge on any atom is -0.352 e. The highest BCUT2D eigenvalue weighted by Gasteiger charge is 2.14. The zero-order valence-electron chi connectivity index (χ0n) is 12.3. The summed E-state index contributed by atoms with van der Waals surface area (Å²) in [6, 6.07) is 10.3. The van der Waals surface area contributed by atoms with Gasteiger partial charge in [0.1, 0.15) is 0 Å². The molecule has 5 nitrogen and oxygen atoms in total. The number of hydrogen-bond acceptors (Lipinski definition) is 4. The summed E-state index contributed by atoms with van der Waals surface area (Å²) < 4.78 is 1.86. The van der Waals surface area contributed by atoms with E-state index in [2.05, 4.69) is 45.7 Å². The molecular weight excluding hydrogens is 377 g/mol. The van der Waals surface area contributed by atoms with Crippen LogP contribution in [0.15, 0.2) is 41.5 Å². The summed E-state index contributed by atoms with van der Waals surface area (Å²) in [5, 5.41) is 7.96. The summed E-state index contributed by atoms with van der Waals surface area (Å²) >= 11 is 0. The van der Waals surface area contributed by atoms with Crippen LogP contribution >= 0.6 is 24.0 Å². The Bertz CT molecular complexity index is 620. The molecule has 0 bridgehead atoms. The highest BCUT2D eigenvalue weighted by atomic mass is 127. The van der Waals surface area contributed by atoms with Gasteiger partial charge in [0.05, 0.1) is 12.2 Å². The highest BCUT2D eigenvalue weighted by Crippen LogP contribution is 2.21. The molecule has 112 valence electrons. The number of nitrogens with zero attached hydrogens (tertiary/aromatic N) is 4. The van der Waals surface area contributed by atoms with E-state index in [4.69, 9.17) is 0 Å². The molecule has 0 unspecified atom stereocenters. The van der Waals surface area contributed by atoms with E-state index in [1.807, 2.05) is 29.9 Å². The molecule has 2 aromatic rings. The van der Waals surface area contributed by atoms with E-state index in [9.17, 15) is 0 Å². The molecule has 1 aromatic heterocycles. The lowest BCUT2D eigenvalue weighted by atomic mass is 10.1. The van der Waals surface area contributed by atoms with E-state index in [0.717, 1.165) is 36.9 Å². The van der Waals surface area contributed by atoms with Crippen molar-refractivity contribution in [2.24, 2.45) is 12.0 Å². The Morgan fingerprint density at radius 2 is 1.95 bits per heavy atom. The Kier molecular flexibility index (Phi) is 5.22. The van der Waals surface area contributed by atoms with Crippen LogP contribution in [0.3, 0.4) is 0 Å². The number of aryl methyl sites for hydroxylation is 1. The number of hydrogen-bond donors (Lipinski definition) is 1. The molecule has 0 amide bonds. The van der Waals surface area contributed by atoms with Gasteiger partial charge in [-0.2, -0.15) is 5.10 Å². The Balaban J connectivity index is 0.00000161. The zero-order chi connectivity index (χ0) is 13.9. The summed E-state index contributed by atoms with van der Waals surface area (Å²) in [6.45, 7) is 2.60. The predicted octanol–water partition coefficient (Wildman–Crippen LogP) is 2.10. The van der Waals surface area contributed by atoms with E-state index < -0.39 is 0 Å². The van der Waals surface area contributed by atoms with Gasteiger partial charge in [0.25, 0.3) is 0 Å². The monoisotopic (exact) mass is 397 g/mol. The van der Waals surface area contributed by atoms with E-state index in [0.29, 0.717) is 0 Å². The van der Waals surface area contributed by atoms with Crippen molar-refractivity contribution in [2.75, 3.05) is 20.1 Å². The topological polar surface area (TPSA) is 45.5 Å². The van der Waals surface area contributed by atoms with Crippen LogP contribution in [0.2, 0.25) is 0 Å². The molecule has 6 heteroatoms. The third-order valence-corrected chi connectivity index (χ3v) is 3.45. The molecule has 1 N–H and O–H groups in total. The molecule has 0 aliphatic carbocycles. The lowest BCUT2D eigenvalue weighted by Crippen LogP contribution is -2.35. The smallest absolute Gasteiger partial charge is 0.194 e. The van der Waals surface area contributed by atoms with E-state index in [1.54, 1.807) is 0 Å². The van der Waals surface area contributed by atoms with Crippen LogP contribution < -0.4 is 5.32 Å². The maximum atomic E-state index is 4.57. The van der Waals surface area contributed by atoms with Gasteiger partial charge in [0, 0.05) is 44.5 Å². The lowest BCUT2D eigenvalue weighted by Gasteiger charge is -2.15. The third-order valence-electron chi connectivity index (χ3n) is 3.45. The molecular formula is C15H20IN5. The second kappa shape index (κ2) is 6.93. The maximum Gasteiger partial charge on any atom is 0.194 e. The van der Waals surface area contributed by atoms with Crippen molar-refractivity contribution in [1.82, 2.24) is 20.0 Å². The Labute approximate surface area is 142 Å². The lowest BCUT2D eigenvalue weighted by molar-refractivity contribution is 0.534. The Morgan fingerprint density at radius 1 is 1.19 bits per heavy atom. The standard InChI is InChI=1S/C15H19N5.HI/c1-19-9-8-16-15(19)17-10-13-11-20(2)18-14(13)12-6-4-3-5-7-12;/h3-7,11H,8-10H2,1-2H3,(H,16,17);1H. The number of nitrogens with one attached hydrogen (secondary N) is 1. The summed E-state index contributed by atoms with van der Waals surface area (Å²) in [4.78, 5) is 6.58. The van der Waals surface area contributed by atoms with E-state index in [1.165, 1.54) is 5.56 Å². The predicted molar refractivity (Wildman–Crippen MR) is 95.8 cm³/mol. The molecule has 0 radical (unpaired) electrons. The van der Waals surface area contributed by atoms with Gasteiger partial charge in [-0.25, -0.2) is 0 Å². The van der Waals surface area contributed by atoms with Crippen LogP contribution in [0.1, 0.15) is 5.56 Å². The second-order valence-electron chi connectivity index (χ2n) is 5.02. The van der Waals surface area contributed by atoms with Gasteiger partial charge in [-0.15, -0.1) is 24.0 Å². The molecule has 0 fully saturated rings. The fourth-order valence-corrected chi connectivity index (χ4v) is 2.40. The average Bonchev–Trinajstić information content (AvgIpc) is 3.03. The summed E-state index contributed by atoms with van der Waals surface area (Å²) in [5.74, 6) is 0.966. The van der Waals surface area contributed by atoms with Crippen molar-refractivity contribution in [3.8, 4) is 11.3 Å². The van der Waals surface area contributed by atoms with Crippen LogP contribution in [0.4, 0.5) is 0 Å². The van der Waals surface area contributed by atoms with Crippen LogP contribution in [0, 0.1) is 0 Å². The highest BCUT2D eigenvalue weighted by molar-refractivity contribution is 14.0. The SMILES string of the molecule is CN1CCN=C1NCc1cn(C)nc1-c1ccccc1.I. The molecule has 1 aliphatic rings. The summed E-state index contributed by atoms with van der Waals surface area (Å²) in [6.07, 6.45) is 2.06. The number of benzene rings is 1. The molecule has 0 atom stereocenters. The number of rotatable bonds is 3. The van der Waals surface area contributed by atoms with Crippen LogP contribution in [0.25, 0.3) is 11.3 Å². The molecule has 21 heavy (non-hydrogen) atoms. The third kappa shape index (κ3) is 3.55. The van der Waals surface area contributed by atoms with Crippen molar-refractivity contribution in [1.29, 1.82) is 0 Å². The number of likely N-dealkylation sites (N-methyl/N-ethyl adjacent to an activating group) is 1. The molecule has 0 spiro atoms. The summed E-state index contributed by atoms with van der Waals surface area (Å²) in [7, 11) is 4.01. The number of halogens is 1. The zero-order valence-corrected chi connectivity index (χ0v) is 14.6. The molecule has 0 saturated heterocycles. The largest absolute Gasteiger partial charge is 0.352 e. The van der Waals surface area contributed by atoms with Gasteiger partial charge in [-0.05, 0) is 0 Å². The first-order valence-electron chi connectivity index (χ1n) is 6.81. The molecule has 2 heterocycles.